The van der Waals surface area contributed by atoms with Crippen LogP contribution in [0.25, 0.3) is 0 Å². The lowest BCUT2D eigenvalue weighted by Gasteiger charge is -2.21. The topological polar surface area (TPSA) is 12.0 Å². The van der Waals surface area contributed by atoms with Crippen molar-refractivity contribution in [2.75, 3.05) is 6.54 Å². The Balaban J connectivity index is 2.84. The van der Waals surface area contributed by atoms with Gasteiger partial charge in [-0.1, -0.05) is 33.3 Å². The Bertz CT molecular complexity index is 354. The lowest BCUT2D eigenvalue weighted by molar-refractivity contribution is 0.407. The molecule has 0 saturated carbocycles. The van der Waals surface area contributed by atoms with Crippen molar-refractivity contribution in [3.05, 3.63) is 34.1 Å². The van der Waals surface area contributed by atoms with Crippen molar-refractivity contribution in [2.24, 2.45) is 5.92 Å². The third kappa shape index (κ3) is 4.40. The fraction of sp³-hybridized carbons (Fsp3) is 0.571. The van der Waals surface area contributed by atoms with Crippen LogP contribution in [0.4, 0.5) is 4.39 Å². The summed E-state index contributed by atoms with van der Waals surface area (Å²) in [6.07, 6.45) is 2.20. The van der Waals surface area contributed by atoms with Crippen LogP contribution in [-0.2, 0) is 0 Å². The number of nitrogens with one attached hydrogen (secondary N) is 1. The molecule has 1 rings (SSSR count). The van der Waals surface area contributed by atoms with Gasteiger partial charge in [0.05, 0.1) is 4.47 Å². The van der Waals surface area contributed by atoms with Crippen molar-refractivity contribution >= 4 is 15.9 Å². The summed E-state index contributed by atoms with van der Waals surface area (Å²) >= 11 is 3.19. The first-order valence-corrected chi connectivity index (χ1v) is 7.06. The third-order valence-electron chi connectivity index (χ3n) is 3.13. The van der Waals surface area contributed by atoms with Gasteiger partial charge in [0, 0.05) is 6.04 Å². The second kappa shape index (κ2) is 7.12. The van der Waals surface area contributed by atoms with Gasteiger partial charge in [-0.3, -0.25) is 0 Å². The summed E-state index contributed by atoms with van der Waals surface area (Å²) in [5, 5.41) is 3.43. The van der Waals surface area contributed by atoms with E-state index in [4.69, 9.17) is 0 Å². The molecular weight excluding hydrogens is 281 g/mol. The van der Waals surface area contributed by atoms with E-state index < -0.39 is 0 Å². The zero-order chi connectivity index (χ0) is 12.8. The molecule has 2 atom stereocenters. The molecule has 1 N–H and O–H groups in total. The van der Waals surface area contributed by atoms with E-state index in [-0.39, 0.29) is 11.9 Å². The summed E-state index contributed by atoms with van der Waals surface area (Å²) in [4.78, 5) is 0. The van der Waals surface area contributed by atoms with Gasteiger partial charge in [-0.2, -0.15) is 0 Å². The zero-order valence-corrected chi connectivity index (χ0v) is 12.3. The molecule has 0 radical (unpaired) electrons. The highest BCUT2D eigenvalue weighted by molar-refractivity contribution is 9.10. The highest BCUT2D eigenvalue weighted by Crippen LogP contribution is 2.26. The van der Waals surface area contributed by atoms with E-state index in [2.05, 4.69) is 42.0 Å². The first kappa shape index (κ1) is 14.7. The van der Waals surface area contributed by atoms with Crippen molar-refractivity contribution < 1.29 is 4.39 Å². The van der Waals surface area contributed by atoms with Gasteiger partial charge in [0.25, 0.3) is 0 Å². The van der Waals surface area contributed by atoms with Gasteiger partial charge in [-0.05, 0) is 52.5 Å². The normalized spacial score (nSPS) is 14.6. The minimum absolute atomic E-state index is 0.186. The van der Waals surface area contributed by atoms with Gasteiger partial charge >= 0.3 is 0 Å². The third-order valence-corrected chi connectivity index (χ3v) is 3.77. The molecule has 0 spiro atoms. The molecule has 0 aliphatic carbocycles. The highest BCUT2D eigenvalue weighted by atomic mass is 79.9. The molecule has 1 aromatic carbocycles. The van der Waals surface area contributed by atoms with E-state index in [9.17, 15) is 4.39 Å². The van der Waals surface area contributed by atoms with Gasteiger partial charge in [-0.25, -0.2) is 4.39 Å². The highest BCUT2D eigenvalue weighted by Gasteiger charge is 2.14. The Morgan fingerprint density at radius 2 is 2.06 bits per heavy atom. The number of rotatable bonds is 6. The van der Waals surface area contributed by atoms with Crippen LogP contribution >= 0.6 is 15.9 Å². The Morgan fingerprint density at radius 1 is 1.35 bits per heavy atom. The van der Waals surface area contributed by atoms with Crippen LogP contribution in [0.5, 0.6) is 0 Å². The van der Waals surface area contributed by atoms with E-state index in [0.717, 1.165) is 24.9 Å². The molecule has 0 amide bonds. The van der Waals surface area contributed by atoms with Crippen LogP contribution in [0, 0.1) is 11.7 Å². The molecule has 0 aliphatic rings. The van der Waals surface area contributed by atoms with Crippen LogP contribution < -0.4 is 5.32 Å². The molecule has 0 heterocycles. The van der Waals surface area contributed by atoms with Crippen molar-refractivity contribution in [2.45, 2.75) is 39.7 Å². The molecule has 0 fully saturated rings. The van der Waals surface area contributed by atoms with Crippen LogP contribution in [-0.4, -0.2) is 6.54 Å². The molecule has 2 unspecified atom stereocenters. The number of hydrogen-bond acceptors (Lipinski definition) is 1. The Labute approximate surface area is 112 Å². The van der Waals surface area contributed by atoms with Crippen LogP contribution in [0.3, 0.4) is 0 Å². The van der Waals surface area contributed by atoms with E-state index in [0.29, 0.717) is 10.4 Å². The standard InChI is InChI=1S/C14H21BrFN/c1-4-10(3)8-14(17-5-2)11-6-7-12(15)13(16)9-11/h6-7,9-10,14,17H,4-5,8H2,1-3H3. The Kier molecular flexibility index (Phi) is 6.14. The maximum Gasteiger partial charge on any atom is 0.137 e. The zero-order valence-electron chi connectivity index (χ0n) is 10.8. The predicted octanol–water partition coefficient (Wildman–Crippen LogP) is 4.68. The summed E-state index contributed by atoms with van der Waals surface area (Å²) in [5.41, 5.74) is 1.04. The molecular formula is C14H21BrFN. The molecule has 0 bridgehead atoms. The summed E-state index contributed by atoms with van der Waals surface area (Å²) in [6.45, 7) is 7.41. The van der Waals surface area contributed by atoms with E-state index in [1.54, 1.807) is 12.1 Å². The fourth-order valence-electron chi connectivity index (χ4n) is 1.88. The monoisotopic (exact) mass is 301 g/mol. The van der Waals surface area contributed by atoms with Gasteiger partial charge in [0.2, 0.25) is 0 Å². The molecule has 0 saturated heterocycles. The van der Waals surface area contributed by atoms with Gasteiger partial charge < -0.3 is 5.32 Å². The second-order valence-corrected chi connectivity index (χ2v) is 5.39. The minimum Gasteiger partial charge on any atom is -0.310 e. The van der Waals surface area contributed by atoms with Crippen LogP contribution in [0.2, 0.25) is 0 Å². The number of benzene rings is 1. The van der Waals surface area contributed by atoms with Crippen molar-refractivity contribution in [3.63, 3.8) is 0 Å². The average molecular weight is 302 g/mol. The SMILES string of the molecule is CCNC(CC(C)CC)c1ccc(Br)c(F)c1. The molecule has 3 heteroatoms. The molecule has 0 aromatic heterocycles. The second-order valence-electron chi connectivity index (χ2n) is 4.53. The smallest absolute Gasteiger partial charge is 0.137 e. The van der Waals surface area contributed by atoms with Gasteiger partial charge in [0.1, 0.15) is 5.82 Å². The van der Waals surface area contributed by atoms with E-state index >= 15 is 0 Å². The first-order chi connectivity index (χ1) is 8.08. The fourth-order valence-corrected chi connectivity index (χ4v) is 2.13. The van der Waals surface area contributed by atoms with Gasteiger partial charge in [0.15, 0.2) is 0 Å². The lowest BCUT2D eigenvalue weighted by atomic mass is 9.94. The largest absolute Gasteiger partial charge is 0.310 e. The number of halogens is 2. The van der Waals surface area contributed by atoms with E-state index in [1.807, 2.05) is 6.07 Å². The maximum atomic E-state index is 13.5. The van der Waals surface area contributed by atoms with Crippen molar-refractivity contribution in [1.82, 2.24) is 5.32 Å². The quantitative estimate of drug-likeness (QED) is 0.805. The lowest BCUT2D eigenvalue weighted by Crippen LogP contribution is -2.23. The first-order valence-electron chi connectivity index (χ1n) is 6.26. The van der Waals surface area contributed by atoms with E-state index in [1.165, 1.54) is 0 Å². The molecule has 1 aromatic rings. The predicted molar refractivity (Wildman–Crippen MR) is 74.6 cm³/mol. The average Bonchev–Trinajstić information content (AvgIpc) is 2.32. The number of hydrogen-bond donors (Lipinski definition) is 1. The van der Waals surface area contributed by atoms with Crippen molar-refractivity contribution in [1.29, 1.82) is 0 Å². The maximum absolute atomic E-state index is 13.5. The molecule has 1 nitrogen and oxygen atoms in total. The molecule has 17 heavy (non-hydrogen) atoms. The summed E-state index contributed by atoms with van der Waals surface area (Å²) in [7, 11) is 0. The molecule has 0 aliphatic heterocycles. The summed E-state index contributed by atoms with van der Waals surface area (Å²) in [6, 6.07) is 5.64. The Hall–Kier alpha value is -0.410. The van der Waals surface area contributed by atoms with Gasteiger partial charge in [-0.15, -0.1) is 0 Å². The van der Waals surface area contributed by atoms with Crippen LogP contribution in [0.1, 0.15) is 45.2 Å². The minimum atomic E-state index is -0.186. The van der Waals surface area contributed by atoms with Crippen LogP contribution in [0.15, 0.2) is 22.7 Å². The summed E-state index contributed by atoms with van der Waals surface area (Å²) in [5.74, 6) is 0.459. The Morgan fingerprint density at radius 3 is 2.59 bits per heavy atom. The molecule has 96 valence electrons. The summed E-state index contributed by atoms with van der Waals surface area (Å²) < 4.78 is 14.1. The van der Waals surface area contributed by atoms with Crippen molar-refractivity contribution in [3.8, 4) is 0 Å².